The highest BCUT2D eigenvalue weighted by Gasteiger charge is 2.40. The van der Waals surface area contributed by atoms with Gasteiger partial charge in [0.15, 0.2) is 0 Å². The maximum atomic E-state index is 11.3. The van der Waals surface area contributed by atoms with Crippen LogP contribution in [-0.2, 0) is 11.2 Å². The standard InChI is InChI=1S/C10H17N5O2/c1-10(8(12)16)3-5-15(6-10)9-14-13-7(17-9)2-4-11/h2-6,11H2,1H3,(H2,12,16). The van der Waals surface area contributed by atoms with Gasteiger partial charge in [0.2, 0.25) is 11.8 Å². The Kier molecular flexibility index (Phi) is 3.01. The van der Waals surface area contributed by atoms with Crippen molar-refractivity contribution in [3.05, 3.63) is 5.89 Å². The average molecular weight is 239 g/mol. The minimum Gasteiger partial charge on any atom is -0.408 e. The zero-order valence-corrected chi connectivity index (χ0v) is 9.85. The molecule has 4 N–H and O–H groups in total. The number of carbonyl (C=O) groups excluding carboxylic acids is 1. The summed E-state index contributed by atoms with van der Waals surface area (Å²) in [4.78, 5) is 13.2. The third kappa shape index (κ3) is 2.23. The van der Waals surface area contributed by atoms with Crippen molar-refractivity contribution in [1.82, 2.24) is 10.2 Å². The Labute approximate surface area is 99.1 Å². The van der Waals surface area contributed by atoms with Gasteiger partial charge in [-0.2, -0.15) is 0 Å². The molecule has 0 bridgehead atoms. The summed E-state index contributed by atoms with van der Waals surface area (Å²) in [5.74, 6) is 0.233. The molecule has 1 fully saturated rings. The van der Waals surface area contributed by atoms with Gasteiger partial charge in [0.25, 0.3) is 0 Å². The van der Waals surface area contributed by atoms with Crippen molar-refractivity contribution < 1.29 is 9.21 Å². The van der Waals surface area contributed by atoms with E-state index in [0.29, 0.717) is 44.4 Å². The van der Waals surface area contributed by atoms with Crippen molar-refractivity contribution in [2.75, 3.05) is 24.5 Å². The maximum Gasteiger partial charge on any atom is 0.318 e. The smallest absolute Gasteiger partial charge is 0.318 e. The molecule has 0 saturated carbocycles. The van der Waals surface area contributed by atoms with Gasteiger partial charge in [-0.25, -0.2) is 0 Å². The first-order valence-corrected chi connectivity index (χ1v) is 5.62. The molecule has 2 rings (SSSR count). The lowest BCUT2D eigenvalue weighted by molar-refractivity contribution is -0.125. The molecule has 7 heteroatoms. The summed E-state index contributed by atoms with van der Waals surface area (Å²) in [7, 11) is 0. The Hall–Kier alpha value is -1.63. The van der Waals surface area contributed by atoms with Crippen molar-refractivity contribution in [3.63, 3.8) is 0 Å². The zero-order valence-electron chi connectivity index (χ0n) is 9.85. The number of nitrogens with zero attached hydrogens (tertiary/aromatic N) is 3. The molecule has 7 nitrogen and oxygen atoms in total. The van der Waals surface area contributed by atoms with Crippen LogP contribution in [-0.4, -0.2) is 35.7 Å². The highest BCUT2D eigenvalue weighted by atomic mass is 16.4. The van der Waals surface area contributed by atoms with Crippen LogP contribution in [0.5, 0.6) is 0 Å². The summed E-state index contributed by atoms with van der Waals surface area (Å²) < 4.78 is 5.45. The van der Waals surface area contributed by atoms with Gasteiger partial charge in [0.05, 0.1) is 5.41 Å². The molecule has 1 aliphatic heterocycles. The van der Waals surface area contributed by atoms with Gasteiger partial charge in [-0.3, -0.25) is 4.79 Å². The van der Waals surface area contributed by atoms with Crippen molar-refractivity contribution in [1.29, 1.82) is 0 Å². The molecule has 0 aromatic carbocycles. The van der Waals surface area contributed by atoms with Crippen LogP contribution in [0, 0.1) is 5.41 Å². The Morgan fingerprint density at radius 2 is 2.35 bits per heavy atom. The Morgan fingerprint density at radius 3 is 2.94 bits per heavy atom. The van der Waals surface area contributed by atoms with Crippen LogP contribution in [0.4, 0.5) is 6.01 Å². The first-order valence-electron chi connectivity index (χ1n) is 5.62. The van der Waals surface area contributed by atoms with Crippen LogP contribution < -0.4 is 16.4 Å². The molecule has 0 radical (unpaired) electrons. The summed E-state index contributed by atoms with van der Waals surface area (Å²) >= 11 is 0. The summed E-state index contributed by atoms with van der Waals surface area (Å²) in [5.41, 5.74) is 10.3. The number of rotatable bonds is 4. The number of primary amides is 1. The van der Waals surface area contributed by atoms with Crippen LogP contribution in [0.15, 0.2) is 4.42 Å². The quantitative estimate of drug-likeness (QED) is 0.716. The third-order valence-corrected chi connectivity index (χ3v) is 3.15. The third-order valence-electron chi connectivity index (χ3n) is 3.15. The van der Waals surface area contributed by atoms with E-state index in [-0.39, 0.29) is 5.91 Å². The summed E-state index contributed by atoms with van der Waals surface area (Å²) in [6.07, 6.45) is 1.27. The van der Waals surface area contributed by atoms with Crippen molar-refractivity contribution in [2.24, 2.45) is 16.9 Å². The van der Waals surface area contributed by atoms with E-state index in [1.165, 1.54) is 0 Å². The molecule has 0 aliphatic carbocycles. The second-order valence-electron chi connectivity index (χ2n) is 4.61. The number of hydrogen-bond donors (Lipinski definition) is 2. The first kappa shape index (κ1) is 11.8. The number of aromatic nitrogens is 2. The van der Waals surface area contributed by atoms with E-state index in [2.05, 4.69) is 10.2 Å². The van der Waals surface area contributed by atoms with Crippen molar-refractivity contribution in [3.8, 4) is 0 Å². The van der Waals surface area contributed by atoms with Gasteiger partial charge < -0.3 is 20.8 Å². The largest absolute Gasteiger partial charge is 0.408 e. The predicted molar refractivity (Wildman–Crippen MR) is 61.2 cm³/mol. The minimum absolute atomic E-state index is 0.290. The highest BCUT2D eigenvalue weighted by molar-refractivity contribution is 5.81. The van der Waals surface area contributed by atoms with Crippen LogP contribution in [0.3, 0.4) is 0 Å². The molecular formula is C10H17N5O2. The maximum absolute atomic E-state index is 11.3. The molecule has 1 aromatic heterocycles. The lowest BCUT2D eigenvalue weighted by Crippen LogP contribution is -2.37. The van der Waals surface area contributed by atoms with E-state index >= 15 is 0 Å². The van der Waals surface area contributed by atoms with Crippen LogP contribution in [0.25, 0.3) is 0 Å². The second kappa shape index (κ2) is 4.33. The molecule has 1 aromatic rings. The Morgan fingerprint density at radius 1 is 1.59 bits per heavy atom. The molecular weight excluding hydrogens is 222 g/mol. The second-order valence-corrected chi connectivity index (χ2v) is 4.61. The van der Waals surface area contributed by atoms with Crippen LogP contribution in [0.1, 0.15) is 19.2 Å². The molecule has 17 heavy (non-hydrogen) atoms. The average Bonchev–Trinajstić information content (AvgIpc) is 2.86. The van der Waals surface area contributed by atoms with Gasteiger partial charge in [0, 0.05) is 26.1 Å². The molecule has 1 aliphatic rings. The first-order chi connectivity index (χ1) is 8.05. The van der Waals surface area contributed by atoms with Crippen LogP contribution >= 0.6 is 0 Å². The lowest BCUT2D eigenvalue weighted by Gasteiger charge is -2.19. The lowest BCUT2D eigenvalue weighted by atomic mass is 9.89. The summed E-state index contributed by atoms with van der Waals surface area (Å²) in [5, 5.41) is 7.83. The van der Waals surface area contributed by atoms with Gasteiger partial charge in [0.1, 0.15) is 0 Å². The fraction of sp³-hybridized carbons (Fsp3) is 0.700. The number of nitrogens with two attached hydrogens (primary N) is 2. The van der Waals surface area contributed by atoms with E-state index in [0.717, 1.165) is 0 Å². The number of hydrogen-bond acceptors (Lipinski definition) is 6. The van der Waals surface area contributed by atoms with Crippen LogP contribution in [0.2, 0.25) is 0 Å². The van der Waals surface area contributed by atoms with E-state index in [1.54, 1.807) is 0 Å². The Bertz CT molecular complexity index is 419. The topological polar surface area (TPSA) is 111 Å². The van der Waals surface area contributed by atoms with E-state index in [1.807, 2.05) is 11.8 Å². The summed E-state index contributed by atoms with van der Waals surface area (Å²) in [6, 6.07) is 0.443. The van der Waals surface area contributed by atoms with E-state index in [4.69, 9.17) is 15.9 Å². The zero-order chi connectivity index (χ0) is 12.5. The molecule has 1 saturated heterocycles. The van der Waals surface area contributed by atoms with Gasteiger partial charge in [-0.1, -0.05) is 5.10 Å². The van der Waals surface area contributed by atoms with Gasteiger partial charge >= 0.3 is 6.01 Å². The van der Waals surface area contributed by atoms with Crippen molar-refractivity contribution >= 4 is 11.9 Å². The molecule has 94 valence electrons. The summed E-state index contributed by atoms with van der Waals surface area (Å²) in [6.45, 7) is 3.55. The number of amides is 1. The minimum atomic E-state index is -0.511. The molecule has 0 spiro atoms. The molecule has 1 atom stereocenters. The number of anilines is 1. The number of carbonyl (C=O) groups is 1. The Balaban J connectivity index is 2.07. The van der Waals surface area contributed by atoms with Gasteiger partial charge in [-0.05, 0) is 13.3 Å². The normalized spacial score (nSPS) is 24.2. The monoisotopic (exact) mass is 239 g/mol. The SMILES string of the molecule is CC1(C(N)=O)CCN(c2nnc(CCN)o2)C1. The van der Waals surface area contributed by atoms with E-state index in [9.17, 15) is 4.79 Å². The molecule has 1 unspecified atom stereocenters. The molecule has 2 heterocycles. The highest BCUT2D eigenvalue weighted by Crippen LogP contribution is 2.32. The molecule has 1 amide bonds. The van der Waals surface area contributed by atoms with E-state index < -0.39 is 5.41 Å². The fourth-order valence-corrected chi connectivity index (χ4v) is 1.92. The van der Waals surface area contributed by atoms with Crippen molar-refractivity contribution in [2.45, 2.75) is 19.8 Å². The van der Waals surface area contributed by atoms with Gasteiger partial charge in [-0.15, -0.1) is 5.10 Å². The predicted octanol–water partition coefficient (Wildman–Crippen LogP) is -0.727. The fourth-order valence-electron chi connectivity index (χ4n) is 1.92.